The molecule has 2 aromatic carbocycles. The Morgan fingerprint density at radius 1 is 1.20 bits per heavy atom. The van der Waals surface area contributed by atoms with Crippen molar-refractivity contribution >= 4 is 37.6 Å². The molecule has 0 saturated heterocycles. The minimum Gasteiger partial charge on any atom is -0.595 e. The Bertz CT molecular complexity index is 917. The number of rotatable bonds is 2. The molecule has 3 rings (SSSR count). The Balaban J connectivity index is 2.52. The highest BCUT2D eigenvalue weighted by molar-refractivity contribution is 7.86. The fourth-order valence-electron chi connectivity index (χ4n) is 1.98. The maximum Gasteiger partial charge on any atom is 0.295 e. The largest absolute Gasteiger partial charge is 0.595 e. The van der Waals surface area contributed by atoms with Gasteiger partial charge in [0.15, 0.2) is 5.69 Å². The van der Waals surface area contributed by atoms with Crippen LogP contribution in [-0.4, -0.2) is 28.5 Å². The van der Waals surface area contributed by atoms with Crippen molar-refractivity contribution in [1.82, 2.24) is 10.3 Å². The van der Waals surface area contributed by atoms with Crippen molar-refractivity contribution in [3.63, 3.8) is 0 Å². The summed E-state index contributed by atoms with van der Waals surface area (Å²) in [4.78, 5) is -0.446. The summed E-state index contributed by atoms with van der Waals surface area (Å²) in [6.07, 6.45) is 0. The number of hydrogen-bond acceptors (Lipinski definition) is 7. The lowest BCUT2D eigenvalue weighted by molar-refractivity contribution is -0.991. The predicted octanol–water partition coefficient (Wildman–Crippen LogP) is 0.0261. The lowest BCUT2D eigenvalue weighted by atomic mass is 10.1. The highest BCUT2D eigenvalue weighted by atomic mass is 32.2. The van der Waals surface area contributed by atoms with Crippen molar-refractivity contribution in [2.24, 2.45) is 0 Å². The summed E-state index contributed by atoms with van der Waals surface area (Å²) >= 11 is 0. The van der Waals surface area contributed by atoms with E-state index in [9.17, 15) is 18.2 Å². The Labute approximate surface area is 111 Å². The van der Waals surface area contributed by atoms with E-state index in [4.69, 9.17) is 5.21 Å². The first-order valence-corrected chi connectivity index (χ1v) is 6.72. The highest BCUT2D eigenvalue weighted by Crippen LogP contribution is 2.30. The summed E-state index contributed by atoms with van der Waals surface area (Å²) in [7, 11) is -4.54. The highest BCUT2D eigenvalue weighted by Gasteiger charge is 2.20. The van der Waals surface area contributed by atoms with E-state index in [2.05, 4.69) is 14.9 Å². The molecule has 0 fully saturated rings. The maximum absolute atomic E-state index is 11.4. The third kappa shape index (κ3) is 1.92. The molecule has 3 aromatic rings. The van der Waals surface area contributed by atoms with Crippen molar-refractivity contribution in [3.05, 3.63) is 29.5 Å². The summed E-state index contributed by atoms with van der Waals surface area (Å²) in [5, 5.41) is 26.2. The molecule has 0 saturated carbocycles. The lowest BCUT2D eigenvalue weighted by Gasteiger charge is -2.12. The van der Waals surface area contributed by atoms with E-state index in [1.165, 1.54) is 12.1 Å². The standard InChI is InChI=1S/C10H7N3O6S/c14-13(15)5-1-2-6-7(3-5)9(20(16,17)18)4-8-10(6)12-19-11-8/h1-4,13-14H,(H,16,17,18). The van der Waals surface area contributed by atoms with Crippen molar-refractivity contribution in [2.45, 2.75) is 4.90 Å². The van der Waals surface area contributed by atoms with E-state index in [0.717, 1.165) is 12.1 Å². The number of benzene rings is 2. The minimum absolute atomic E-state index is 0.0376. The number of nitrogens with one attached hydrogen (secondary N) is 1. The molecule has 20 heavy (non-hydrogen) atoms. The number of fused-ring (bicyclic) bond motifs is 3. The van der Waals surface area contributed by atoms with Gasteiger partial charge in [0.2, 0.25) is 0 Å². The fraction of sp³-hybridized carbons (Fsp3) is 0. The van der Waals surface area contributed by atoms with Crippen LogP contribution in [0.2, 0.25) is 0 Å². The van der Waals surface area contributed by atoms with Crippen LogP contribution in [0.5, 0.6) is 0 Å². The fourth-order valence-corrected chi connectivity index (χ4v) is 2.69. The van der Waals surface area contributed by atoms with Crippen LogP contribution in [0.25, 0.3) is 21.8 Å². The molecule has 1 unspecified atom stereocenters. The van der Waals surface area contributed by atoms with Gasteiger partial charge in [0.05, 0.1) is 0 Å². The van der Waals surface area contributed by atoms with Gasteiger partial charge in [-0.05, 0) is 22.4 Å². The van der Waals surface area contributed by atoms with Crippen LogP contribution in [-0.2, 0) is 10.1 Å². The second kappa shape index (κ2) is 4.19. The number of nitrogens with zero attached hydrogens (tertiary/aromatic N) is 2. The van der Waals surface area contributed by atoms with Crippen LogP contribution in [0.3, 0.4) is 0 Å². The molecule has 0 spiro atoms. The van der Waals surface area contributed by atoms with Gasteiger partial charge in [0, 0.05) is 22.9 Å². The first kappa shape index (κ1) is 12.9. The minimum atomic E-state index is -4.54. The van der Waals surface area contributed by atoms with Crippen molar-refractivity contribution in [3.8, 4) is 0 Å². The summed E-state index contributed by atoms with van der Waals surface area (Å²) in [6.45, 7) is 0. The summed E-state index contributed by atoms with van der Waals surface area (Å²) in [6, 6.07) is 4.91. The molecular formula is C10H7N3O6S. The molecule has 1 aromatic heterocycles. The Morgan fingerprint density at radius 3 is 2.60 bits per heavy atom. The van der Waals surface area contributed by atoms with Gasteiger partial charge >= 0.3 is 0 Å². The Kier molecular flexibility index (Phi) is 2.70. The average molecular weight is 297 g/mol. The third-order valence-corrected chi connectivity index (χ3v) is 3.74. The normalized spacial score (nSPS) is 13.9. The average Bonchev–Trinajstić information content (AvgIpc) is 2.84. The molecule has 9 nitrogen and oxygen atoms in total. The third-order valence-electron chi connectivity index (χ3n) is 2.85. The molecule has 1 heterocycles. The first-order valence-electron chi connectivity index (χ1n) is 5.28. The summed E-state index contributed by atoms with van der Waals surface area (Å²) in [5.74, 6) is 0. The van der Waals surface area contributed by atoms with Crippen LogP contribution >= 0.6 is 0 Å². The van der Waals surface area contributed by atoms with Crippen molar-refractivity contribution < 1.29 is 28.0 Å². The molecule has 0 radical (unpaired) electrons. The zero-order valence-electron chi connectivity index (χ0n) is 9.64. The topological polar surface area (TPSA) is 141 Å². The zero-order chi connectivity index (χ0) is 14.5. The summed E-state index contributed by atoms with van der Waals surface area (Å²) < 4.78 is 36.6. The van der Waals surface area contributed by atoms with Crippen LogP contribution in [0.4, 0.5) is 5.69 Å². The molecule has 0 aliphatic carbocycles. The zero-order valence-corrected chi connectivity index (χ0v) is 10.5. The molecule has 10 heteroatoms. The van der Waals surface area contributed by atoms with E-state index in [0.29, 0.717) is 5.39 Å². The molecule has 3 N–H and O–H groups in total. The molecular weight excluding hydrogens is 290 g/mol. The van der Waals surface area contributed by atoms with Gasteiger partial charge in [-0.15, -0.1) is 0 Å². The molecule has 0 aliphatic rings. The van der Waals surface area contributed by atoms with Gasteiger partial charge in [-0.1, -0.05) is 0 Å². The maximum atomic E-state index is 11.4. The van der Waals surface area contributed by atoms with Crippen LogP contribution in [0.1, 0.15) is 0 Å². The second-order valence-corrected chi connectivity index (χ2v) is 5.44. The number of hydrogen-bond donors (Lipinski definition) is 3. The van der Waals surface area contributed by atoms with Gasteiger partial charge in [-0.25, -0.2) is 9.84 Å². The molecule has 0 bridgehead atoms. The van der Waals surface area contributed by atoms with E-state index < -0.39 is 20.2 Å². The SMILES string of the molecule is O=S(=O)(O)c1cc2nonc2c2ccc([NH+]([O-])O)cc12. The summed E-state index contributed by atoms with van der Waals surface area (Å²) in [5.41, 5.74) is 0.316. The van der Waals surface area contributed by atoms with Gasteiger partial charge in [-0.2, -0.15) is 13.6 Å². The van der Waals surface area contributed by atoms with E-state index in [1.807, 2.05) is 0 Å². The van der Waals surface area contributed by atoms with Crippen LogP contribution in [0, 0.1) is 5.21 Å². The second-order valence-electron chi connectivity index (χ2n) is 4.05. The van der Waals surface area contributed by atoms with Gasteiger partial charge in [0.25, 0.3) is 10.1 Å². The van der Waals surface area contributed by atoms with Crippen molar-refractivity contribution in [1.29, 1.82) is 0 Å². The van der Waals surface area contributed by atoms with E-state index in [-0.39, 0.29) is 22.1 Å². The monoisotopic (exact) mass is 297 g/mol. The first-order chi connectivity index (χ1) is 9.38. The molecule has 0 amide bonds. The smallest absolute Gasteiger partial charge is 0.295 e. The van der Waals surface area contributed by atoms with Crippen LogP contribution < -0.4 is 5.23 Å². The number of quaternary nitrogens is 1. The quantitative estimate of drug-likeness (QED) is 0.444. The predicted molar refractivity (Wildman–Crippen MR) is 64.9 cm³/mol. The lowest BCUT2D eigenvalue weighted by Crippen LogP contribution is -2.99. The van der Waals surface area contributed by atoms with Gasteiger partial charge in [0.1, 0.15) is 15.9 Å². The van der Waals surface area contributed by atoms with E-state index >= 15 is 0 Å². The molecule has 0 aliphatic heterocycles. The van der Waals surface area contributed by atoms with Gasteiger partial charge < -0.3 is 5.21 Å². The Hall–Kier alpha value is -2.11. The number of aromatic nitrogens is 2. The molecule has 1 atom stereocenters. The Morgan fingerprint density at radius 2 is 1.95 bits per heavy atom. The van der Waals surface area contributed by atoms with Crippen molar-refractivity contribution in [2.75, 3.05) is 0 Å². The van der Waals surface area contributed by atoms with Gasteiger partial charge in [-0.3, -0.25) is 4.55 Å². The van der Waals surface area contributed by atoms with E-state index in [1.54, 1.807) is 0 Å². The van der Waals surface area contributed by atoms with Crippen LogP contribution in [0.15, 0.2) is 33.8 Å². The molecule has 104 valence electrons.